The van der Waals surface area contributed by atoms with E-state index >= 15 is 0 Å². The number of rotatable bonds is 4. The van der Waals surface area contributed by atoms with Crippen LogP contribution in [0.1, 0.15) is 17.0 Å². The van der Waals surface area contributed by atoms with Crippen molar-refractivity contribution in [1.82, 2.24) is 19.5 Å². The van der Waals surface area contributed by atoms with Crippen LogP contribution in [0.4, 0.5) is 0 Å². The monoisotopic (exact) mass is 378 g/mol. The molecule has 5 nitrogen and oxygen atoms in total. The standard InChI is InChI=1S/C21H19ClN4O/c1-13-9-17(21-24-10-14(2)26(21)3)16-5-4-6-19(20(16)25-13)27-12-15-11-23-8-7-18(15)22/h4-11H,12H2,1-3H3. The van der Waals surface area contributed by atoms with E-state index in [0.29, 0.717) is 17.4 Å². The molecule has 0 bridgehead atoms. The molecule has 3 aromatic heterocycles. The maximum absolute atomic E-state index is 6.21. The fourth-order valence-corrected chi connectivity index (χ4v) is 3.23. The lowest BCUT2D eigenvalue weighted by atomic mass is 10.1. The van der Waals surface area contributed by atoms with Crippen molar-refractivity contribution in [3.8, 4) is 17.1 Å². The first-order valence-electron chi connectivity index (χ1n) is 8.65. The highest BCUT2D eigenvalue weighted by Gasteiger charge is 2.15. The topological polar surface area (TPSA) is 52.8 Å². The Labute approximate surface area is 162 Å². The summed E-state index contributed by atoms with van der Waals surface area (Å²) in [6.07, 6.45) is 5.26. The van der Waals surface area contributed by atoms with Gasteiger partial charge in [-0.05, 0) is 32.0 Å². The number of hydrogen-bond donors (Lipinski definition) is 0. The maximum Gasteiger partial charge on any atom is 0.146 e. The third-order valence-electron chi connectivity index (χ3n) is 4.62. The van der Waals surface area contributed by atoms with Gasteiger partial charge in [-0.2, -0.15) is 0 Å². The number of benzene rings is 1. The number of imidazole rings is 1. The second kappa shape index (κ2) is 7.00. The Morgan fingerprint density at radius 3 is 2.74 bits per heavy atom. The number of para-hydroxylation sites is 1. The van der Waals surface area contributed by atoms with E-state index in [4.69, 9.17) is 21.3 Å². The number of pyridine rings is 2. The molecule has 0 N–H and O–H groups in total. The van der Waals surface area contributed by atoms with Gasteiger partial charge in [0.05, 0.1) is 5.02 Å². The zero-order chi connectivity index (χ0) is 19.0. The Balaban J connectivity index is 1.79. The van der Waals surface area contributed by atoms with Crippen LogP contribution in [-0.2, 0) is 13.7 Å². The molecule has 136 valence electrons. The number of hydrogen-bond acceptors (Lipinski definition) is 4. The SMILES string of the molecule is Cc1cc(-c2ncc(C)n2C)c2cccc(OCc3cnccc3Cl)c2n1. The van der Waals surface area contributed by atoms with Gasteiger partial charge in [0.15, 0.2) is 0 Å². The van der Waals surface area contributed by atoms with Gasteiger partial charge in [0.2, 0.25) is 0 Å². The summed E-state index contributed by atoms with van der Waals surface area (Å²) in [4.78, 5) is 13.4. The predicted molar refractivity (Wildman–Crippen MR) is 107 cm³/mol. The first kappa shape index (κ1) is 17.5. The average Bonchev–Trinajstić information content (AvgIpc) is 2.99. The minimum atomic E-state index is 0.332. The number of halogens is 1. The molecule has 0 saturated heterocycles. The van der Waals surface area contributed by atoms with Gasteiger partial charge in [-0.15, -0.1) is 0 Å². The number of ether oxygens (including phenoxy) is 1. The Bertz CT molecular complexity index is 1140. The summed E-state index contributed by atoms with van der Waals surface area (Å²) in [6, 6.07) is 9.76. The van der Waals surface area contributed by atoms with Crippen molar-refractivity contribution in [2.75, 3.05) is 0 Å². The quantitative estimate of drug-likeness (QED) is 0.508. The van der Waals surface area contributed by atoms with Crippen LogP contribution in [0.15, 0.2) is 48.9 Å². The fourth-order valence-electron chi connectivity index (χ4n) is 3.07. The van der Waals surface area contributed by atoms with Crippen LogP contribution in [0.3, 0.4) is 0 Å². The molecule has 3 heterocycles. The summed E-state index contributed by atoms with van der Waals surface area (Å²) >= 11 is 6.21. The summed E-state index contributed by atoms with van der Waals surface area (Å²) in [5, 5.41) is 1.64. The Morgan fingerprint density at radius 1 is 1.15 bits per heavy atom. The van der Waals surface area contributed by atoms with E-state index < -0.39 is 0 Å². The lowest BCUT2D eigenvalue weighted by Gasteiger charge is -2.13. The van der Waals surface area contributed by atoms with Crippen LogP contribution in [0.2, 0.25) is 5.02 Å². The van der Waals surface area contributed by atoms with E-state index in [1.54, 1.807) is 18.5 Å². The predicted octanol–water partition coefficient (Wildman–Crippen LogP) is 4.88. The van der Waals surface area contributed by atoms with Crippen LogP contribution in [-0.4, -0.2) is 19.5 Å². The molecule has 0 saturated carbocycles. The van der Waals surface area contributed by atoms with E-state index in [1.165, 1.54) is 0 Å². The van der Waals surface area contributed by atoms with Crippen molar-refractivity contribution in [1.29, 1.82) is 0 Å². The van der Waals surface area contributed by atoms with E-state index in [2.05, 4.69) is 20.6 Å². The molecule has 1 aromatic carbocycles. The molecule has 27 heavy (non-hydrogen) atoms. The van der Waals surface area contributed by atoms with Gasteiger partial charge in [0.1, 0.15) is 23.7 Å². The summed E-state index contributed by atoms with van der Waals surface area (Å²) in [5.41, 5.74) is 4.70. The molecule has 0 radical (unpaired) electrons. The molecule has 0 aliphatic rings. The van der Waals surface area contributed by atoms with E-state index in [1.807, 2.05) is 45.3 Å². The molecule has 0 amide bonds. The van der Waals surface area contributed by atoms with Gasteiger partial charge < -0.3 is 9.30 Å². The van der Waals surface area contributed by atoms with E-state index in [-0.39, 0.29) is 0 Å². The zero-order valence-electron chi connectivity index (χ0n) is 15.4. The number of fused-ring (bicyclic) bond motifs is 1. The Kier molecular flexibility index (Phi) is 4.54. The Morgan fingerprint density at radius 2 is 2.00 bits per heavy atom. The van der Waals surface area contributed by atoms with Crippen molar-refractivity contribution in [3.63, 3.8) is 0 Å². The fraction of sp³-hybridized carbons (Fsp3) is 0.190. The van der Waals surface area contributed by atoms with E-state index in [0.717, 1.165) is 39.2 Å². The van der Waals surface area contributed by atoms with Gasteiger partial charge in [-0.1, -0.05) is 23.7 Å². The summed E-state index contributed by atoms with van der Waals surface area (Å²) in [7, 11) is 2.02. The van der Waals surface area contributed by atoms with Gasteiger partial charge in [-0.25, -0.2) is 9.97 Å². The summed E-state index contributed by atoms with van der Waals surface area (Å²) in [6.45, 7) is 4.35. The van der Waals surface area contributed by atoms with Crippen LogP contribution >= 0.6 is 11.6 Å². The molecule has 0 aliphatic carbocycles. The molecule has 0 aliphatic heterocycles. The number of aromatic nitrogens is 4. The molecule has 0 unspecified atom stereocenters. The maximum atomic E-state index is 6.21. The molecular weight excluding hydrogens is 360 g/mol. The van der Waals surface area contributed by atoms with Crippen LogP contribution in [0, 0.1) is 13.8 Å². The van der Waals surface area contributed by atoms with E-state index in [9.17, 15) is 0 Å². The second-order valence-electron chi connectivity index (χ2n) is 6.50. The van der Waals surface area contributed by atoms with Crippen LogP contribution < -0.4 is 4.74 Å². The third kappa shape index (κ3) is 3.26. The molecule has 4 aromatic rings. The minimum Gasteiger partial charge on any atom is -0.487 e. The lowest BCUT2D eigenvalue weighted by Crippen LogP contribution is -2.00. The molecule has 4 rings (SSSR count). The molecular formula is C21H19ClN4O. The average molecular weight is 379 g/mol. The molecule has 0 atom stereocenters. The van der Waals surface area contributed by atoms with Crippen molar-refractivity contribution >= 4 is 22.5 Å². The normalized spacial score (nSPS) is 11.1. The smallest absolute Gasteiger partial charge is 0.146 e. The van der Waals surface area contributed by atoms with Crippen molar-refractivity contribution in [2.24, 2.45) is 7.05 Å². The first-order valence-corrected chi connectivity index (χ1v) is 9.02. The van der Waals surface area contributed by atoms with Gasteiger partial charge in [0.25, 0.3) is 0 Å². The molecule has 0 fully saturated rings. The van der Waals surface area contributed by atoms with Crippen molar-refractivity contribution in [2.45, 2.75) is 20.5 Å². The molecule has 6 heteroatoms. The van der Waals surface area contributed by atoms with Gasteiger partial charge in [0, 0.05) is 53.5 Å². The van der Waals surface area contributed by atoms with Gasteiger partial charge in [-0.3, -0.25) is 4.98 Å². The summed E-state index contributed by atoms with van der Waals surface area (Å²) < 4.78 is 8.13. The minimum absolute atomic E-state index is 0.332. The highest BCUT2D eigenvalue weighted by molar-refractivity contribution is 6.31. The summed E-state index contributed by atoms with van der Waals surface area (Å²) in [5.74, 6) is 1.62. The zero-order valence-corrected chi connectivity index (χ0v) is 16.2. The van der Waals surface area contributed by atoms with Crippen molar-refractivity contribution < 1.29 is 4.74 Å². The lowest BCUT2D eigenvalue weighted by molar-refractivity contribution is 0.309. The number of nitrogens with zero attached hydrogens (tertiary/aromatic N) is 4. The largest absolute Gasteiger partial charge is 0.487 e. The Hall–Kier alpha value is -2.92. The van der Waals surface area contributed by atoms with Crippen LogP contribution in [0.5, 0.6) is 5.75 Å². The second-order valence-corrected chi connectivity index (χ2v) is 6.91. The number of aryl methyl sites for hydroxylation is 2. The third-order valence-corrected chi connectivity index (χ3v) is 4.99. The highest BCUT2D eigenvalue weighted by atomic mass is 35.5. The molecule has 0 spiro atoms. The highest BCUT2D eigenvalue weighted by Crippen LogP contribution is 2.33. The van der Waals surface area contributed by atoms with Gasteiger partial charge >= 0.3 is 0 Å². The van der Waals surface area contributed by atoms with Crippen molar-refractivity contribution in [3.05, 3.63) is 70.9 Å². The van der Waals surface area contributed by atoms with Crippen LogP contribution in [0.25, 0.3) is 22.3 Å². The first-order chi connectivity index (χ1) is 13.0.